The minimum atomic E-state index is -0.500. The summed E-state index contributed by atoms with van der Waals surface area (Å²) < 4.78 is 7.36. The molecule has 1 aromatic carbocycles. The third-order valence-corrected chi connectivity index (χ3v) is 4.63. The van der Waals surface area contributed by atoms with Gasteiger partial charge >= 0.3 is 0 Å². The first-order valence-corrected chi connectivity index (χ1v) is 8.84. The zero-order chi connectivity index (χ0) is 17.8. The lowest BCUT2D eigenvalue weighted by Gasteiger charge is -2.28. The Morgan fingerprint density at radius 1 is 1.00 bits per heavy atom. The van der Waals surface area contributed by atoms with Crippen LogP contribution < -0.4 is 0 Å². The molecule has 3 aromatic rings. The molecule has 1 fully saturated rings. The van der Waals surface area contributed by atoms with Gasteiger partial charge in [0.15, 0.2) is 5.82 Å². The number of morpholine rings is 1. The molecule has 134 valence electrons. The van der Waals surface area contributed by atoms with Crippen molar-refractivity contribution < 1.29 is 9.84 Å². The highest BCUT2D eigenvalue weighted by Gasteiger charge is 2.16. The minimum absolute atomic E-state index is 0.500. The van der Waals surface area contributed by atoms with Gasteiger partial charge in [-0.15, -0.1) is 0 Å². The van der Waals surface area contributed by atoms with Gasteiger partial charge in [0.25, 0.3) is 0 Å². The molecule has 26 heavy (non-hydrogen) atoms. The van der Waals surface area contributed by atoms with E-state index in [1.807, 2.05) is 53.2 Å². The summed E-state index contributed by atoms with van der Waals surface area (Å²) in [7, 11) is 0. The average molecular weight is 350 g/mol. The molecule has 3 heterocycles. The molecule has 1 aliphatic heterocycles. The number of aliphatic hydroxyl groups is 1. The van der Waals surface area contributed by atoms with E-state index in [1.54, 1.807) is 12.4 Å². The molecule has 1 N–H and O–H groups in total. The fraction of sp³-hybridized carbons (Fsp3) is 0.300. The number of benzene rings is 1. The lowest BCUT2D eigenvalue weighted by atomic mass is 10.1. The highest BCUT2D eigenvalue weighted by Crippen LogP contribution is 2.22. The lowest BCUT2D eigenvalue weighted by Crippen LogP contribution is -2.38. The van der Waals surface area contributed by atoms with Gasteiger partial charge in [-0.05, 0) is 29.8 Å². The number of hydrogen-bond donors (Lipinski definition) is 1. The summed E-state index contributed by atoms with van der Waals surface area (Å²) in [6.07, 6.45) is 4.95. The van der Waals surface area contributed by atoms with E-state index in [4.69, 9.17) is 4.74 Å². The van der Waals surface area contributed by atoms with Crippen LogP contribution in [-0.2, 0) is 4.74 Å². The van der Waals surface area contributed by atoms with E-state index in [1.165, 1.54) is 0 Å². The molecule has 0 spiro atoms. The molecule has 6 heteroatoms. The molecule has 6 nitrogen and oxygen atoms in total. The van der Waals surface area contributed by atoms with E-state index in [0.29, 0.717) is 6.54 Å². The number of pyridine rings is 1. The van der Waals surface area contributed by atoms with Crippen LogP contribution in [0.15, 0.2) is 61.1 Å². The quantitative estimate of drug-likeness (QED) is 0.765. The second-order valence-electron chi connectivity index (χ2n) is 6.36. The molecule has 0 bridgehead atoms. The van der Waals surface area contributed by atoms with Crippen molar-refractivity contribution in [2.75, 3.05) is 32.8 Å². The number of hydrogen-bond acceptors (Lipinski definition) is 5. The van der Waals surface area contributed by atoms with Gasteiger partial charge in [0, 0.05) is 43.9 Å². The summed E-state index contributed by atoms with van der Waals surface area (Å²) >= 11 is 0. The molecule has 1 unspecified atom stereocenters. The van der Waals surface area contributed by atoms with Crippen LogP contribution in [0.5, 0.6) is 0 Å². The summed E-state index contributed by atoms with van der Waals surface area (Å²) in [4.78, 5) is 11.0. The first-order chi connectivity index (χ1) is 12.8. The van der Waals surface area contributed by atoms with Crippen molar-refractivity contribution in [3.8, 4) is 17.2 Å². The van der Waals surface area contributed by atoms with Gasteiger partial charge in [-0.25, -0.2) is 4.98 Å². The van der Waals surface area contributed by atoms with Crippen LogP contribution >= 0.6 is 0 Å². The van der Waals surface area contributed by atoms with Crippen molar-refractivity contribution in [3.05, 3.63) is 66.6 Å². The molecular formula is C20H22N4O2. The topological polar surface area (TPSA) is 63.4 Å². The van der Waals surface area contributed by atoms with Crippen molar-refractivity contribution in [3.63, 3.8) is 0 Å². The first-order valence-electron chi connectivity index (χ1n) is 8.84. The van der Waals surface area contributed by atoms with Crippen molar-refractivity contribution >= 4 is 0 Å². The van der Waals surface area contributed by atoms with Gasteiger partial charge in [0.1, 0.15) is 5.69 Å². The van der Waals surface area contributed by atoms with Crippen molar-refractivity contribution in [1.29, 1.82) is 0 Å². The Morgan fingerprint density at radius 2 is 1.81 bits per heavy atom. The summed E-state index contributed by atoms with van der Waals surface area (Å²) in [6.45, 7) is 3.85. The summed E-state index contributed by atoms with van der Waals surface area (Å²) in [6, 6.07) is 13.7. The van der Waals surface area contributed by atoms with Crippen LogP contribution in [0.2, 0.25) is 0 Å². The Labute approximate surface area is 152 Å². The number of ether oxygens (including phenoxy) is 1. The van der Waals surface area contributed by atoms with E-state index < -0.39 is 6.10 Å². The Morgan fingerprint density at radius 3 is 2.54 bits per heavy atom. The van der Waals surface area contributed by atoms with Crippen LogP contribution in [0.4, 0.5) is 0 Å². The summed E-state index contributed by atoms with van der Waals surface area (Å²) in [5, 5.41) is 10.5. The number of aliphatic hydroxyl groups excluding tert-OH is 1. The van der Waals surface area contributed by atoms with Gasteiger partial charge in [-0.1, -0.05) is 18.2 Å². The molecular weight excluding hydrogens is 328 g/mol. The molecule has 1 atom stereocenters. The number of β-amino-alcohol motifs (C(OH)–C–C–N with tert-alkyl or cyclic N) is 1. The summed E-state index contributed by atoms with van der Waals surface area (Å²) in [5.41, 5.74) is 2.74. The van der Waals surface area contributed by atoms with Crippen LogP contribution in [0, 0.1) is 0 Å². The fourth-order valence-electron chi connectivity index (χ4n) is 3.19. The normalized spacial score (nSPS) is 16.5. The second-order valence-corrected chi connectivity index (χ2v) is 6.36. The van der Waals surface area contributed by atoms with Gasteiger partial charge < -0.3 is 9.84 Å². The number of imidazole rings is 1. The van der Waals surface area contributed by atoms with Crippen molar-refractivity contribution in [1.82, 2.24) is 19.4 Å². The zero-order valence-electron chi connectivity index (χ0n) is 14.5. The molecule has 1 aliphatic rings. The largest absolute Gasteiger partial charge is 0.387 e. The zero-order valence-corrected chi connectivity index (χ0v) is 14.5. The monoisotopic (exact) mass is 350 g/mol. The Balaban J connectivity index is 1.51. The SMILES string of the molecule is OC(CN1CCOCC1)c1ccc(-n2ccnc2-c2ccccn2)cc1. The van der Waals surface area contributed by atoms with Gasteiger partial charge in [-0.2, -0.15) is 0 Å². The molecule has 1 saturated heterocycles. The number of nitrogens with zero attached hydrogens (tertiary/aromatic N) is 4. The smallest absolute Gasteiger partial charge is 0.163 e. The minimum Gasteiger partial charge on any atom is -0.387 e. The molecule has 0 radical (unpaired) electrons. The molecule has 4 rings (SSSR count). The number of rotatable bonds is 5. The van der Waals surface area contributed by atoms with Crippen LogP contribution in [-0.4, -0.2) is 57.4 Å². The van der Waals surface area contributed by atoms with E-state index in [9.17, 15) is 5.11 Å². The average Bonchev–Trinajstić information content (AvgIpc) is 3.19. The van der Waals surface area contributed by atoms with Crippen LogP contribution in [0.25, 0.3) is 17.2 Å². The Kier molecular flexibility index (Phi) is 5.06. The van der Waals surface area contributed by atoms with Crippen molar-refractivity contribution in [2.24, 2.45) is 0 Å². The van der Waals surface area contributed by atoms with Gasteiger partial charge in [0.2, 0.25) is 0 Å². The fourth-order valence-corrected chi connectivity index (χ4v) is 3.19. The van der Waals surface area contributed by atoms with E-state index in [2.05, 4.69) is 14.9 Å². The van der Waals surface area contributed by atoms with E-state index in [0.717, 1.165) is 49.1 Å². The maximum absolute atomic E-state index is 10.5. The highest BCUT2D eigenvalue weighted by atomic mass is 16.5. The first kappa shape index (κ1) is 16.9. The van der Waals surface area contributed by atoms with Gasteiger partial charge in [0.05, 0.1) is 19.3 Å². The molecule has 0 aliphatic carbocycles. The van der Waals surface area contributed by atoms with Crippen molar-refractivity contribution in [2.45, 2.75) is 6.10 Å². The molecule has 0 saturated carbocycles. The van der Waals surface area contributed by atoms with Crippen LogP contribution in [0.3, 0.4) is 0 Å². The predicted molar refractivity (Wildman–Crippen MR) is 99.0 cm³/mol. The van der Waals surface area contributed by atoms with Crippen LogP contribution in [0.1, 0.15) is 11.7 Å². The van der Waals surface area contributed by atoms with Gasteiger partial charge in [-0.3, -0.25) is 14.5 Å². The lowest BCUT2D eigenvalue weighted by molar-refractivity contribution is 0.0143. The summed E-state index contributed by atoms with van der Waals surface area (Å²) in [5.74, 6) is 0.798. The maximum atomic E-state index is 10.5. The van der Waals surface area contributed by atoms with E-state index >= 15 is 0 Å². The second kappa shape index (κ2) is 7.78. The maximum Gasteiger partial charge on any atom is 0.163 e. The standard InChI is InChI=1S/C20H22N4O2/c25-19(15-23-11-13-26-14-12-23)16-4-6-17(7-5-16)24-10-9-22-20(24)18-3-1-2-8-21-18/h1-10,19,25H,11-15H2. The third-order valence-electron chi connectivity index (χ3n) is 4.63. The highest BCUT2D eigenvalue weighted by molar-refractivity contribution is 5.54. The Hall–Kier alpha value is -2.54. The molecule has 2 aromatic heterocycles. The predicted octanol–water partition coefficient (Wildman–Crippen LogP) is 2.30. The number of aromatic nitrogens is 3. The molecule has 0 amide bonds. The Bertz CT molecular complexity index is 827. The third kappa shape index (κ3) is 3.67. The van der Waals surface area contributed by atoms with E-state index in [-0.39, 0.29) is 0 Å².